The van der Waals surface area contributed by atoms with Gasteiger partial charge >= 0.3 is 0 Å². The summed E-state index contributed by atoms with van der Waals surface area (Å²) in [4.78, 5) is 17.0. The topological polar surface area (TPSA) is 38.7 Å². The molecule has 0 atom stereocenters. The average molecular weight is 267 g/mol. The fourth-order valence-electron chi connectivity index (χ4n) is 1.55. The zero-order chi connectivity index (χ0) is 13.2. The van der Waals surface area contributed by atoms with E-state index >= 15 is 0 Å². The summed E-state index contributed by atoms with van der Waals surface area (Å²) in [5.41, 5.74) is 0.240. The van der Waals surface area contributed by atoms with Gasteiger partial charge in [0.05, 0.1) is 5.75 Å². The minimum absolute atomic E-state index is 0.0348. The van der Waals surface area contributed by atoms with Crippen molar-refractivity contribution in [3.63, 3.8) is 0 Å². The Hall–Kier alpha value is -1.36. The number of hydrogen-bond acceptors (Lipinski definition) is 4. The molecule has 1 aromatic rings. The maximum atomic E-state index is 12.7. The molecule has 0 unspecified atom stereocenters. The monoisotopic (exact) mass is 267 g/mol. The molecule has 3 nitrogen and oxygen atoms in total. The van der Waals surface area contributed by atoms with Crippen molar-refractivity contribution in [2.24, 2.45) is 5.16 Å². The quantitative estimate of drug-likeness (QED) is 0.789. The zero-order valence-electron chi connectivity index (χ0n) is 10.3. The van der Waals surface area contributed by atoms with E-state index in [2.05, 4.69) is 5.16 Å². The van der Waals surface area contributed by atoms with Gasteiger partial charge in [-0.2, -0.15) is 0 Å². The standard InChI is InChI=1S/C13H14FNO2S/c1-13(2)7-12(15-17-13)18-8-11(16)9-3-5-10(14)6-4-9/h3-6H,7-8H2,1-2H3. The second kappa shape index (κ2) is 5.10. The first-order valence-electron chi connectivity index (χ1n) is 5.63. The number of carbonyl (C=O) groups excluding carboxylic acids is 1. The number of oxime groups is 1. The second-order valence-electron chi connectivity index (χ2n) is 4.73. The molecular formula is C13H14FNO2S. The van der Waals surface area contributed by atoms with Crippen LogP contribution in [0.25, 0.3) is 0 Å². The maximum Gasteiger partial charge on any atom is 0.173 e. The lowest BCUT2D eigenvalue weighted by molar-refractivity contribution is 0.0123. The molecular weight excluding hydrogens is 253 g/mol. The third kappa shape index (κ3) is 3.32. The number of carbonyl (C=O) groups is 1. The first-order chi connectivity index (χ1) is 8.46. The molecule has 1 heterocycles. The summed E-state index contributed by atoms with van der Waals surface area (Å²) in [5, 5.41) is 4.76. The lowest BCUT2D eigenvalue weighted by Crippen LogP contribution is -2.18. The number of rotatable bonds is 3. The van der Waals surface area contributed by atoms with E-state index in [1.807, 2.05) is 13.8 Å². The van der Waals surface area contributed by atoms with Gasteiger partial charge in [-0.15, -0.1) is 0 Å². The van der Waals surface area contributed by atoms with Gasteiger partial charge in [0.25, 0.3) is 0 Å². The van der Waals surface area contributed by atoms with Gasteiger partial charge in [-0.05, 0) is 38.1 Å². The van der Waals surface area contributed by atoms with E-state index < -0.39 is 0 Å². The SMILES string of the molecule is CC1(C)CC(SCC(=O)c2ccc(F)cc2)=NO1. The predicted molar refractivity (Wildman–Crippen MR) is 70.4 cm³/mol. The van der Waals surface area contributed by atoms with Crippen LogP contribution in [0.3, 0.4) is 0 Å². The summed E-state index contributed by atoms with van der Waals surface area (Å²) < 4.78 is 12.7. The van der Waals surface area contributed by atoms with Crippen LogP contribution in [0.2, 0.25) is 0 Å². The number of nitrogens with zero attached hydrogens (tertiary/aromatic N) is 1. The Bertz CT molecular complexity index is 482. The molecule has 0 aromatic heterocycles. The average Bonchev–Trinajstić information content (AvgIpc) is 2.67. The van der Waals surface area contributed by atoms with Crippen molar-refractivity contribution in [2.75, 3.05) is 5.75 Å². The van der Waals surface area contributed by atoms with Gasteiger partial charge in [-0.25, -0.2) is 4.39 Å². The summed E-state index contributed by atoms with van der Waals surface area (Å²) in [6, 6.07) is 5.57. The molecule has 2 rings (SSSR count). The van der Waals surface area contributed by atoms with E-state index in [9.17, 15) is 9.18 Å². The lowest BCUT2D eigenvalue weighted by Gasteiger charge is -2.12. The fourth-order valence-corrected chi connectivity index (χ4v) is 2.55. The van der Waals surface area contributed by atoms with E-state index in [-0.39, 0.29) is 17.2 Å². The molecule has 0 spiro atoms. The van der Waals surface area contributed by atoms with Crippen molar-refractivity contribution < 1.29 is 14.0 Å². The number of thioether (sulfide) groups is 1. The van der Waals surface area contributed by atoms with Crippen LogP contribution in [-0.2, 0) is 4.84 Å². The van der Waals surface area contributed by atoms with Crippen molar-refractivity contribution in [3.8, 4) is 0 Å². The third-order valence-corrected chi connectivity index (χ3v) is 3.47. The van der Waals surface area contributed by atoms with Gasteiger partial charge in [0.15, 0.2) is 5.78 Å². The van der Waals surface area contributed by atoms with Crippen LogP contribution in [0.1, 0.15) is 30.6 Å². The van der Waals surface area contributed by atoms with Crippen LogP contribution in [0.5, 0.6) is 0 Å². The van der Waals surface area contributed by atoms with Crippen molar-refractivity contribution in [2.45, 2.75) is 25.9 Å². The first kappa shape index (κ1) is 13.1. The summed E-state index contributed by atoms with van der Waals surface area (Å²) >= 11 is 1.38. The third-order valence-electron chi connectivity index (χ3n) is 2.51. The highest BCUT2D eigenvalue weighted by Gasteiger charge is 2.29. The van der Waals surface area contributed by atoms with Gasteiger partial charge in [0, 0.05) is 12.0 Å². The molecule has 0 fully saturated rings. The van der Waals surface area contributed by atoms with Gasteiger partial charge in [-0.1, -0.05) is 16.9 Å². The van der Waals surface area contributed by atoms with Crippen molar-refractivity contribution in [3.05, 3.63) is 35.6 Å². The minimum atomic E-state index is -0.338. The second-order valence-corrected chi connectivity index (χ2v) is 5.78. The number of halogens is 1. The number of ketones is 1. The highest BCUT2D eigenvalue weighted by atomic mass is 32.2. The molecule has 5 heteroatoms. The minimum Gasteiger partial charge on any atom is -0.389 e. The summed E-state index contributed by atoms with van der Waals surface area (Å²) in [7, 11) is 0. The Morgan fingerprint density at radius 1 is 1.44 bits per heavy atom. The number of hydrogen-bond donors (Lipinski definition) is 0. The Labute approximate surface area is 109 Å². The maximum absolute atomic E-state index is 12.7. The molecule has 18 heavy (non-hydrogen) atoms. The Kier molecular flexibility index (Phi) is 3.71. The van der Waals surface area contributed by atoms with Gasteiger partial charge in [0.1, 0.15) is 16.5 Å². The number of benzene rings is 1. The van der Waals surface area contributed by atoms with Crippen LogP contribution >= 0.6 is 11.8 Å². The molecule has 96 valence electrons. The van der Waals surface area contributed by atoms with E-state index in [1.165, 1.54) is 36.0 Å². The molecule has 0 N–H and O–H groups in total. The number of Topliss-reactive ketones (excluding diaryl/α,β-unsaturated/α-hetero) is 1. The largest absolute Gasteiger partial charge is 0.389 e. The molecule has 1 aliphatic rings. The van der Waals surface area contributed by atoms with Crippen molar-refractivity contribution >= 4 is 22.6 Å². The lowest BCUT2D eigenvalue weighted by atomic mass is 10.1. The molecule has 0 radical (unpaired) electrons. The van der Waals surface area contributed by atoms with Crippen LogP contribution in [0, 0.1) is 5.82 Å². The molecule has 0 aliphatic carbocycles. The molecule has 0 saturated carbocycles. The molecule has 0 bridgehead atoms. The summed E-state index contributed by atoms with van der Waals surface area (Å²) in [6.45, 7) is 3.90. The smallest absolute Gasteiger partial charge is 0.173 e. The fraction of sp³-hybridized carbons (Fsp3) is 0.385. The summed E-state index contributed by atoms with van der Waals surface area (Å²) in [6.07, 6.45) is 0.717. The Balaban J connectivity index is 1.88. The summed E-state index contributed by atoms with van der Waals surface area (Å²) in [5.74, 6) is -0.0777. The zero-order valence-corrected chi connectivity index (χ0v) is 11.1. The van der Waals surface area contributed by atoms with Crippen LogP contribution in [0.15, 0.2) is 29.4 Å². The highest BCUT2D eigenvalue weighted by Crippen LogP contribution is 2.27. The Morgan fingerprint density at radius 2 is 2.11 bits per heavy atom. The van der Waals surface area contributed by atoms with E-state index in [0.717, 1.165) is 5.04 Å². The molecule has 1 aliphatic heterocycles. The van der Waals surface area contributed by atoms with Crippen LogP contribution in [-0.4, -0.2) is 22.2 Å². The van der Waals surface area contributed by atoms with Gasteiger partial charge in [0.2, 0.25) is 0 Å². The molecule has 1 aromatic carbocycles. The van der Waals surface area contributed by atoms with Gasteiger partial charge < -0.3 is 4.84 Å². The van der Waals surface area contributed by atoms with E-state index in [1.54, 1.807) is 0 Å². The Morgan fingerprint density at radius 3 is 2.67 bits per heavy atom. The van der Waals surface area contributed by atoms with Crippen molar-refractivity contribution in [1.29, 1.82) is 0 Å². The van der Waals surface area contributed by atoms with Crippen molar-refractivity contribution in [1.82, 2.24) is 0 Å². The predicted octanol–water partition coefficient (Wildman–Crippen LogP) is 3.25. The van der Waals surface area contributed by atoms with Crippen LogP contribution < -0.4 is 0 Å². The van der Waals surface area contributed by atoms with E-state index in [0.29, 0.717) is 17.7 Å². The first-order valence-corrected chi connectivity index (χ1v) is 6.61. The normalized spacial score (nSPS) is 17.2. The van der Waals surface area contributed by atoms with Gasteiger partial charge in [-0.3, -0.25) is 4.79 Å². The molecule has 0 amide bonds. The highest BCUT2D eigenvalue weighted by molar-refractivity contribution is 8.14. The molecule has 0 saturated heterocycles. The van der Waals surface area contributed by atoms with E-state index in [4.69, 9.17) is 4.84 Å². The van der Waals surface area contributed by atoms with Crippen LogP contribution in [0.4, 0.5) is 4.39 Å².